The minimum Gasteiger partial charge on any atom is -0.452 e. The van der Waals surface area contributed by atoms with Crippen molar-refractivity contribution in [3.05, 3.63) is 60.2 Å². The van der Waals surface area contributed by atoms with E-state index in [9.17, 15) is 9.59 Å². The van der Waals surface area contributed by atoms with Crippen LogP contribution >= 0.6 is 0 Å². The van der Waals surface area contributed by atoms with E-state index in [4.69, 9.17) is 10.00 Å². The molecule has 1 amide bonds. The Morgan fingerprint density at radius 1 is 1.00 bits per heavy atom. The molecule has 0 aliphatic rings. The Hall–Kier alpha value is -3.33. The van der Waals surface area contributed by atoms with Crippen LogP contribution in [0.15, 0.2) is 54.6 Å². The average Bonchev–Trinajstić information content (AvgIpc) is 2.64. The summed E-state index contributed by atoms with van der Waals surface area (Å²) >= 11 is 0. The Bertz CT molecular complexity index is 765. The normalized spacial score (nSPS) is 9.80. The van der Waals surface area contributed by atoms with E-state index in [1.807, 2.05) is 31.1 Å². The van der Waals surface area contributed by atoms with Gasteiger partial charge in [-0.25, -0.2) is 4.79 Å². The van der Waals surface area contributed by atoms with Crippen molar-refractivity contribution in [1.29, 1.82) is 5.26 Å². The van der Waals surface area contributed by atoms with Gasteiger partial charge in [-0.15, -0.1) is 0 Å². The van der Waals surface area contributed by atoms with Gasteiger partial charge in [-0.1, -0.05) is 18.2 Å². The molecule has 0 saturated heterocycles. The number of benzene rings is 2. The summed E-state index contributed by atoms with van der Waals surface area (Å²) in [5.41, 5.74) is 1.90. The number of carbonyl (C=O) groups excluding carboxylic acids is 2. The van der Waals surface area contributed by atoms with E-state index in [2.05, 4.69) is 0 Å². The number of rotatable bonds is 6. The minimum atomic E-state index is -0.580. The lowest BCUT2D eigenvalue weighted by Gasteiger charge is -2.19. The molecule has 0 atom stereocenters. The molecule has 128 valence electrons. The second-order valence-corrected chi connectivity index (χ2v) is 5.49. The van der Waals surface area contributed by atoms with E-state index in [0.29, 0.717) is 11.3 Å². The van der Waals surface area contributed by atoms with Crippen molar-refractivity contribution < 1.29 is 14.3 Å². The summed E-state index contributed by atoms with van der Waals surface area (Å²) in [6.45, 7) is -0.539. The molecule has 0 fully saturated rings. The number of carbonyl (C=O) groups is 2. The number of esters is 1. The van der Waals surface area contributed by atoms with Gasteiger partial charge in [-0.2, -0.15) is 5.26 Å². The van der Waals surface area contributed by atoms with E-state index in [1.165, 1.54) is 4.90 Å². The largest absolute Gasteiger partial charge is 0.452 e. The molecule has 0 N–H and O–H groups in total. The Balaban J connectivity index is 2.00. The van der Waals surface area contributed by atoms with Crippen LogP contribution in [0.4, 0.5) is 11.4 Å². The number of para-hydroxylation sites is 1. The molecule has 0 aliphatic heterocycles. The Morgan fingerprint density at radius 2 is 1.64 bits per heavy atom. The third-order valence-electron chi connectivity index (χ3n) is 3.54. The molecule has 25 heavy (non-hydrogen) atoms. The molecule has 0 radical (unpaired) electrons. The zero-order valence-electron chi connectivity index (χ0n) is 14.2. The number of amides is 1. The Labute approximate surface area is 146 Å². The summed E-state index contributed by atoms with van der Waals surface area (Å²) in [4.78, 5) is 27.6. The number of anilines is 2. The highest BCUT2D eigenvalue weighted by atomic mass is 16.5. The fourth-order valence-corrected chi connectivity index (χ4v) is 2.19. The number of nitriles is 1. The van der Waals surface area contributed by atoms with E-state index in [0.717, 1.165) is 5.69 Å². The number of hydrogen-bond donors (Lipinski definition) is 0. The summed E-state index contributed by atoms with van der Waals surface area (Å²) in [5.74, 6) is -1.03. The van der Waals surface area contributed by atoms with Gasteiger partial charge in [0.05, 0.1) is 11.6 Å². The van der Waals surface area contributed by atoms with Gasteiger partial charge in [-0.05, 0) is 36.4 Å². The van der Waals surface area contributed by atoms with Crippen molar-refractivity contribution in [3.8, 4) is 6.07 Å². The molecule has 0 aliphatic carbocycles. The summed E-state index contributed by atoms with van der Waals surface area (Å²) < 4.78 is 5.09. The van der Waals surface area contributed by atoms with Gasteiger partial charge in [0, 0.05) is 25.5 Å². The van der Waals surface area contributed by atoms with Gasteiger partial charge in [0.1, 0.15) is 6.54 Å². The van der Waals surface area contributed by atoms with Gasteiger partial charge in [0.25, 0.3) is 5.91 Å². The van der Waals surface area contributed by atoms with Crippen molar-refractivity contribution in [1.82, 2.24) is 0 Å². The van der Waals surface area contributed by atoms with E-state index < -0.39 is 18.5 Å². The van der Waals surface area contributed by atoms with Crippen LogP contribution in [0.2, 0.25) is 0 Å². The van der Waals surface area contributed by atoms with Crippen molar-refractivity contribution in [2.45, 2.75) is 0 Å². The van der Waals surface area contributed by atoms with Crippen LogP contribution in [0, 0.1) is 11.3 Å². The Kier molecular flexibility index (Phi) is 6.13. The Morgan fingerprint density at radius 3 is 2.20 bits per heavy atom. The topological polar surface area (TPSA) is 73.6 Å². The lowest BCUT2D eigenvalue weighted by atomic mass is 10.2. The van der Waals surface area contributed by atoms with Crippen molar-refractivity contribution >= 4 is 23.3 Å². The first kappa shape index (κ1) is 18.0. The van der Waals surface area contributed by atoms with Crippen LogP contribution in [0.1, 0.15) is 10.4 Å². The maximum atomic E-state index is 12.3. The molecule has 0 spiro atoms. The van der Waals surface area contributed by atoms with Crippen LogP contribution in [0.5, 0.6) is 0 Å². The van der Waals surface area contributed by atoms with E-state index in [-0.39, 0.29) is 6.54 Å². The van der Waals surface area contributed by atoms with Gasteiger partial charge in [0.15, 0.2) is 6.61 Å². The summed E-state index contributed by atoms with van der Waals surface area (Å²) in [6.07, 6.45) is 0. The van der Waals surface area contributed by atoms with Crippen LogP contribution in [-0.4, -0.2) is 39.1 Å². The van der Waals surface area contributed by atoms with Crippen molar-refractivity contribution in [3.63, 3.8) is 0 Å². The molecular formula is C19H19N3O3. The molecule has 6 nitrogen and oxygen atoms in total. The van der Waals surface area contributed by atoms with Gasteiger partial charge in [0.2, 0.25) is 0 Å². The molecular weight excluding hydrogens is 318 g/mol. The molecule has 2 aromatic rings. The zero-order valence-corrected chi connectivity index (χ0v) is 14.2. The molecule has 0 saturated carbocycles. The monoisotopic (exact) mass is 337 g/mol. The number of ether oxygens (including phenoxy) is 1. The highest BCUT2D eigenvalue weighted by Gasteiger charge is 2.18. The van der Waals surface area contributed by atoms with Crippen molar-refractivity contribution in [2.75, 3.05) is 37.0 Å². The summed E-state index contributed by atoms with van der Waals surface area (Å²) in [6, 6.07) is 17.6. The molecule has 0 bridgehead atoms. The number of hydrogen-bond acceptors (Lipinski definition) is 5. The van der Waals surface area contributed by atoms with Crippen LogP contribution < -0.4 is 9.80 Å². The maximum absolute atomic E-state index is 12.3. The first-order chi connectivity index (χ1) is 12.0. The minimum absolute atomic E-state index is 0.113. The smallest absolute Gasteiger partial charge is 0.338 e. The van der Waals surface area contributed by atoms with E-state index in [1.54, 1.807) is 48.5 Å². The SMILES string of the molecule is CN(C)c1ccc(C(=O)OCC(=O)N(CC#N)c2ccccc2)cc1. The molecule has 0 unspecified atom stereocenters. The summed E-state index contributed by atoms with van der Waals surface area (Å²) in [7, 11) is 3.80. The van der Waals surface area contributed by atoms with Crippen LogP contribution in [0.3, 0.4) is 0 Å². The standard InChI is InChI=1S/C19H19N3O3/c1-21(2)16-10-8-15(9-11-16)19(24)25-14-18(23)22(13-12-20)17-6-4-3-5-7-17/h3-11H,13-14H2,1-2H3. The third kappa shape index (κ3) is 4.82. The second-order valence-electron chi connectivity index (χ2n) is 5.49. The first-order valence-corrected chi connectivity index (χ1v) is 7.70. The molecule has 2 rings (SSSR count). The second kappa shape index (κ2) is 8.50. The highest BCUT2D eigenvalue weighted by Crippen LogP contribution is 2.15. The number of nitrogens with zero attached hydrogens (tertiary/aromatic N) is 3. The van der Waals surface area contributed by atoms with Gasteiger partial charge >= 0.3 is 5.97 Å². The van der Waals surface area contributed by atoms with Crippen molar-refractivity contribution in [2.24, 2.45) is 0 Å². The average molecular weight is 337 g/mol. The molecule has 2 aromatic carbocycles. The van der Waals surface area contributed by atoms with Gasteiger partial charge in [-0.3, -0.25) is 9.69 Å². The predicted molar refractivity (Wildman–Crippen MR) is 95.5 cm³/mol. The third-order valence-corrected chi connectivity index (χ3v) is 3.54. The van der Waals surface area contributed by atoms with Crippen LogP contribution in [-0.2, 0) is 9.53 Å². The quantitative estimate of drug-likeness (QED) is 0.598. The zero-order chi connectivity index (χ0) is 18.2. The molecule has 0 heterocycles. The lowest BCUT2D eigenvalue weighted by Crippen LogP contribution is -2.35. The lowest BCUT2D eigenvalue weighted by molar-refractivity contribution is -0.121. The van der Waals surface area contributed by atoms with Crippen LogP contribution in [0.25, 0.3) is 0 Å². The molecule has 0 aromatic heterocycles. The summed E-state index contributed by atoms with van der Waals surface area (Å²) in [5, 5.41) is 8.92. The molecule has 6 heteroatoms. The fourth-order valence-electron chi connectivity index (χ4n) is 2.19. The fraction of sp³-hybridized carbons (Fsp3) is 0.211. The predicted octanol–water partition coefficient (Wildman–Crippen LogP) is 2.47. The maximum Gasteiger partial charge on any atom is 0.338 e. The highest BCUT2D eigenvalue weighted by molar-refractivity contribution is 5.97. The van der Waals surface area contributed by atoms with E-state index >= 15 is 0 Å². The van der Waals surface area contributed by atoms with Gasteiger partial charge < -0.3 is 9.64 Å². The first-order valence-electron chi connectivity index (χ1n) is 7.70.